The van der Waals surface area contributed by atoms with E-state index in [4.69, 9.17) is 4.74 Å². The molecule has 5 amide bonds. The van der Waals surface area contributed by atoms with E-state index in [1.807, 2.05) is 0 Å². The van der Waals surface area contributed by atoms with Crippen molar-refractivity contribution in [3.05, 3.63) is 101 Å². The second-order valence-electron chi connectivity index (χ2n) is 22.1. The summed E-state index contributed by atoms with van der Waals surface area (Å²) in [6.07, 6.45) is 4.50. The first-order valence-corrected chi connectivity index (χ1v) is 33.8. The minimum Gasteiger partial charge on any atom is -0.512 e. The Bertz CT molecular complexity index is 3470. The standard InChI is InChI=1S/C55H82N14O22S3.CH3.Lu/c1-34-22-38(23-35(2)50(34)94(89,90)64-41(54(81)82)26-60-51(78)40-28-65(4)44-24-37(7-8-39(44)49(40)77)25-61-55-58-11-12-59-55)91-21-5-6-45(71)56-9-10-57-52(79)42(32-92(83,84)85)63-53(80)43(33-93(86,87)88)62-46(72)29-67-15-19-68(30-47(73)74)17-13-66(27-36(3)70)14-18-69(20-16-67)31-48(75)76;;/h7-8,11-12,22-24,28,41-43,64,70,83-88H,3,5-6,9-10,13-21,25-27,29-33H2,1-2,4H3,(H,56,71)(H,57,79)(H,60,78)(H,62,72)(H,63,80)(H,73,74)(H,75,76)(H,81,82)(H2,58,59,61);1H3;/q;-1;/t41?,42-,43-;;/m0../s1. The molecule has 1 saturated heterocycles. The van der Waals surface area contributed by atoms with Crippen molar-refractivity contribution in [3.63, 3.8) is 0 Å². The number of ether oxygens (including phenoxy) is 1. The fourth-order valence-electron chi connectivity index (χ4n) is 9.88. The number of rotatable bonds is 34. The first kappa shape index (κ1) is 83.4. The number of carboxylic acids is 3. The van der Waals surface area contributed by atoms with Crippen LogP contribution in [0, 0.1) is 58.1 Å². The van der Waals surface area contributed by atoms with E-state index < -0.39 is 140 Å². The SMILES string of the molecule is C=C(O)CN1CCN(CC(=O)O)CCN(CC(=O)N[C@@H](CS(O)(O)O)C(=O)N[C@@H](CS(O)(O)O)C(=O)NCCNC(=O)CCCOc2cc(C)c(S(=O)(=O)NC(CNC(=O)c3cn(C)c4cc(CNc5ncc[nH]5)ccc4c3=O)C(=O)O)c(C)c2)CCN(CC(=O)O)CC1.[CH3-].[Lu]. The van der Waals surface area contributed by atoms with Gasteiger partial charge in [0.25, 0.3) is 5.91 Å². The summed E-state index contributed by atoms with van der Waals surface area (Å²) in [6.45, 7) is 4.95. The summed E-state index contributed by atoms with van der Waals surface area (Å²) in [6, 6.07) is 1.85. The Morgan fingerprint density at radius 2 is 1.23 bits per heavy atom. The van der Waals surface area contributed by atoms with E-state index >= 15 is 0 Å². The predicted molar refractivity (Wildman–Crippen MR) is 350 cm³/mol. The molecule has 0 bridgehead atoms. The Hall–Kier alpha value is -6.80. The van der Waals surface area contributed by atoms with E-state index in [0.29, 0.717) is 18.0 Å². The van der Waals surface area contributed by atoms with Crippen LogP contribution in [0.4, 0.5) is 5.95 Å². The maximum absolute atomic E-state index is 13.7. The zero-order valence-corrected chi connectivity index (χ0v) is 57.1. The van der Waals surface area contributed by atoms with E-state index in [0.717, 1.165) is 5.56 Å². The summed E-state index contributed by atoms with van der Waals surface area (Å²) in [7, 11) is -12.1. The molecule has 2 aromatic heterocycles. The number of pyridine rings is 1. The Morgan fingerprint density at radius 3 is 1.74 bits per heavy atom. The van der Waals surface area contributed by atoms with Gasteiger partial charge in [-0.3, -0.25) is 62.8 Å². The van der Waals surface area contributed by atoms with Crippen LogP contribution in [-0.4, -0.2) is 272 Å². The van der Waals surface area contributed by atoms with Gasteiger partial charge in [-0.25, -0.2) is 13.4 Å². The average molecular weight is 1580 g/mol. The smallest absolute Gasteiger partial charge is 0.323 e. The predicted octanol–water partition coefficient (Wildman–Crippen LogP) is -0.627. The maximum atomic E-state index is 13.7. The van der Waals surface area contributed by atoms with Crippen LogP contribution in [0.5, 0.6) is 5.75 Å². The Balaban J connectivity index is 0.0000120. The molecule has 3 atom stereocenters. The molecule has 1 aliphatic heterocycles. The number of benzene rings is 2. The molecular weight excluding hydrogens is 1490 g/mol. The number of imidazole rings is 1. The summed E-state index contributed by atoms with van der Waals surface area (Å²) in [5.41, 5.74) is 0.662. The van der Waals surface area contributed by atoms with Crippen molar-refractivity contribution in [2.24, 2.45) is 7.05 Å². The van der Waals surface area contributed by atoms with Gasteiger partial charge in [0, 0.05) is 153 Å². The largest absolute Gasteiger partial charge is 0.512 e. The number of hydrogen-bond donors (Lipinski definition) is 18. The number of aliphatic hydroxyl groups is 1. The Morgan fingerprint density at radius 1 is 0.698 bits per heavy atom. The van der Waals surface area contributed by atoms with Crippen LogP contribution in [0.3, 0.4) is 0 Å². The molecule has 1 aliphatic rings. The normalized spacial score (nSPS) is 15.3. The number of hydrogen-bond acceptors (Lipinski definition) is 25. The Kier molecular flexibility index (Phi) is 33.9. The van der Waals surface area contributed by atoms with Crippen LogP contribution in [0.25, 0.3) is 10.9 Å². The second kappa shape index (κ2) is 39.0. The molecule has 5 rings (SSSR count). The summed E-state index contributed by atoms with van der Waals surface area (Å²) < 4.78 is 96.5. The number of aliphatic hydroxyl groups excluding tert-OH is 1. The van der Waals surface area contributed by atoms with Gasteiger partial charge >= 0.3 is 17.9 Å². The topological polar surface area (TPSA) is 530 Å². The van der Waals surface area contributed by atoms with Gasteiger partial charge in [-0.1, -0.05) is 12.6 Å². The van der Waals surface area contributed by atoms with Crippen molar-refractivity contribution in [2.75, 3.05) is 122 Å². The van der Waals surface area contributed by atoms with Crippen molar-refractivity contribution >= 4 is 96.1 Å². The van der Waals surface area contributed by atoms with Gasteiger partial charge in [-0.05, 0) is 61.2 Å². The van der Waals surface area contributed by atoms with Crippen molar-refractivity contribution in [1.82, 2.24) is 65.4 Å². The number of anilines is 1. The minimum atomic E-state index is -4.58. The quantitative estimate of drug-likeness (QED) is 0.0157. The fraction of sp³-hybridized carbons (Fsp3) is 0.482. The number of sulfonamides is 1. The summed E-state index contributed by atoms with van der Waals surface area (Å²) >= 11 is 0. The number of carbonyl (C=O) groups excluding carboxylic acids is 5. The molecule has 3 heterocycles. The van der Waals surface area contributed by atoms with E-state index in [-0.39, 0.29) is 174 Å². The number of amides is 5. The molecule has 1 unspecified atom stereocenters. The number of H-pyrrole nitrogens is 1. The van der Waals surface area contributed by atoms with Gasteiger partial charge in [-0.15, -0.1) is 0 Å². The number of fused-ring (bicyclic) bond motifs is 1. The summed E-state index contributed by atoms with van der Waals surface area (Å²) in [4.78, 5) is 129. The van der Waals surface area contributed by atoms with Gasteiger partial charge in [0.05, 0.1) is 82.2 Å². The number of aromatic nitrogens is 3. The number of carbonyl (C=O) groups is 8. The zero-order valence-electron chi connectivity index (χ0n) is 52.9. The van der Waals surface area contributed by atoms with E-state index in [2.05, 4.69) is 53.2 Å². The fourth-order valence-corrected chi connectivity index (χ4v) is 12.9. The molecule has 2 aromatic carbocycles. The molecular formula is C56H85LuN14O22S3-. The molecule has 96 heavy (non-hydrogen) atoms. The second-order valence-corrected chi connectivity index (χ2v) is 26.9. The van der Waals surface area contributed by atoms with Crippen molar-refractivity contribution < 1.29 is 136 Å². The van der Waals surface area contributed by atoms with Gasteiger partial charge < -0.3 is 101 Å². The van der Waals surface area contributed by atoms with Crippen LogP contribution in [0.2, 0.25) is 0 Å². The molecule has 0 spiro atoms. The molecule has 545 valence electrons. The molecule has 40 heteroatoms. The molecule has 0 aliphatic carbocycles. The molecule has 0 saturated carbocycles. The third kappa shape index (κ3) is 28.7. The molecule has 1 radical (unpaired) electrons. The first-order valence-electron chi connectivity index (χ1n) is 29.0. The summed E-state index contributed by atoms with van der Waals surface area (Å²) in [5.74, 6) is -10.8. The van der Waals surface area contributed by atoms with Crippen molar-refractivity contribution in [2.45, 2.75) is 56.3 Å². The van der Waals surface area contributed by atoms with Crippen molar-refractivity contribution in [3.8, 4) is 5.75 Å². The maximum Gasteiger partial charge on any atom is 0.323 e. The number of aromatic amines is 1. The van der Waals surface area contributed by atoms with Gasteiger partial charge in [0.2, 0.25) is 39.1 Å². The number of aryl methyl sites for hydroxylation is 3. The first-order chi connectivity index (χ1) is 44.1. The molecule has 4 aromatic rings. The van der Waals surface area contributed by atoms with Crippen LogP contribution in [-0.2, 0) is 57.2 Å². The van der Waals surface area contributed by atoms with E-state index in [9.17, 15) is 99.3 Å². The third-order valence-electron chi connectivity index (χ3n) is 14.3. The zero-order chi connectivity index (χ0) is 69.7. The average Bonchev–Trinajstić information content (AvgIpc) is 0.816. The van der Waals surface area contributed by atoms with Crippen LogP contribution in [0.15, 0.2) is 71.0 Å². The Labute approximate surface area is 585 Å². The molecule has 36 nitrogen and oxygen atoms in total. The number of carboxylic acid groups (broad SMARTS) is 3. The van der Waals surface area contributed by atoms with Crippen LogP contribution < -0.4 is 46.8 Å². The van der Waals surface area contributed by atoms with Crippen LogP contribution >= 0.6 is 21.7 Å². The van der Waals surface area contributed by atoms with E-state index in [1.54, 1.807) is 56.9 Å². The number of nitrogens with one attached hydrogen (secondary N) is 8. The van der Waals surface area contributed by atoms with Gasteiger partial charge in [0.15, 0.2) is 5.95 Å². The van der Waals surface area contributed by atoms with Gasteiger partial charge in [-0.2, -0.15) is 4.72 Å². The molecule has 18 N–H and O–H groups in total. The monoisotopic (exact) mass is 1580 g/mol. The van der Waals surface area contributed by atoms with Gasteiger partial charge in [0.1, 0.15) is 29.4 Å². The third-order valence-corrected chi connectivity index (χ3v) is 17.6. The van der Waals surface area contributed by atoms with E-state index in [1.165, 1.54) is 37.1 Å². The minimum absolute atomic E-state index is 0. The summed E-state index contributed by atoms with van der Waals surface area (Å²) in [5, 5.41) is 53.9. The van der Waals surface area contributed by atoms with Crippen molar-refractivity contribution in [1.29, 1.82) is 0 Å². The number of nitrogens with zero attached hydrogens (tertiary/aromatic N) is 6. The molecule has 1 fully saturated rings. The number of aliphatic carboxylic acids is 3. The van der Waals surface area contributed by atoms with Crippen LogP contribution in [0.1, 0.15) is 39.9 Å².